The van der Waals surface area contributed by atoms with E-state index in [1.165, 1.54) is 0 Å². The molecule has 0 bridgehead atoms. The molecule has 0 fully saturated rings. The Balaban J connectivity index is 2.19. The molecule has 0 heterocycles. The number of methoxy groups -OCH3 is 1. The molecule has 1 unspecified atom stereocenters. The van der Waals surface area contributed by atoms with Crippen molar-refractivity contribution in [1.82, 2.24) is 4.90 Å². The van der Waals surface area contributed by atoms with Gasteiger partial charge >= 0.3 is 0 Å². The van der Waals surface area contributed by atoms with Crippen molar-refractivity contribution < 1.29 is 14.6 Å². The second kappa shape index (κ2) is 8.74. The lowest BCUT2D eigenvalue weighted by molar-refractivity contribution is 0.0732. The number of ether oxygens (including phenoxy) is 2. The number of anilines is 1. The molecule has 0 aliphatic carbocycles. The Morgan fingerprint density at radius 3 is 2.63 bits per heavy atom. The zero-order chi connectivity index (χ0) is 14.1. The fourth-order valence-corrected chi connectivity index (χ4v) is 1.74. The number of hydrogen-bond acceptors (Lipinski definition) is 5. The molecule has 19 heavy (non-hydrogen) atoms. The molecule has 0 saturated heterocycles. The first-order valence-corrected chi connectivity index (χ1v) is 6.45. The molecule has 108 valence electrons. The standard InChI is InChI=1S/C14H24N2O3/c1-16(8-3-9-18-2)10-13(17)11-19-14-6-4-12(15)5-7-14/h4-7,13,17H,3,8-11,15H2,1-2H3. The number of likely N-dealkylation sites (N-methyl/N-ethyl adjacent to an activating group) is 1. The van der Waals surface area contributed by atoms with Crippen molar-refractivity contribution in [1.29, 1.82) is 0 Å². The van der Waals surface area contributed by atoms with E-state index >= 15 is 0 Å². The van der Waals surface area contributed by atoms with Crippen LogP contribution in [-0.4, -0.2) is 56.6 Å². The average Bonchev–Trinajstić information content (AvgIpc) is 2.38. The van der Waals surface area contributed by atoms with Gasteiger partial charge in [0.25, 0.3) is 0 Å². The van der Waals surface area contributed by atoms with Gasteiger partial charge in [0, 0.05) is 32.5 Å². The highest BCUT2D eigenvalue weighted by Gasteiger charge is 2.09. The summed E-state index contributed by atoms with van der Waals surface area (Å²) < 4.78 is 10.5. The summed E-state index contributed by atoms with van der Waals surface area (Å²) in [7, 11) is 3.66. The summed E-state index contributed by atoms with van der Waals surface area (Å²) in [5.41, 5.74) is 6.28. The van der Waals surface area contributed by atoms with E-state index in [-0.39, 0.29) is 6.61 Å². The smallest absolute Gasteiger partial charge is 0.119 e. The fraction of sp³-hybridized carbons (Fsp3) is 0.571. The topological polar surface area (TPSA) is 68.0 Å². The number of rotatable bonds is 9. The summed E-state index contributed by atoms with van der Waals surface area (Å²) in [5.74, 6) is 0.718. The summed E-state index contributed by atoms with van der Waals surface area (Å²) in [5, 5.41) is 9.87. The first-order chi connectivity index (χ1) is 9.11. The van der Waals surface area contributed by atoms with Crippen LogP contribution in [-0.2, 0) is 4.74 Å². The summed E-state index contributed by atoms with van der Waals surface area (Å²) >= 11 is 0. The SMILES string of the molecule is COCCCN(C)CC(O)COc1ccc(N)cc1. The van der Waals surface area contributed by atoms with Crippen molar-refractivity contribution >= 4 is 5.69 Å². The van der Waals surface area contributed by atoms with Crippen molar-refractivity contribution in [3.05, 3.63) is 24.3 Å². The van der Waals surface area contributed by atoms with Gasteiger partial charge in [-0.3, -0.25) is 0 Å². The highest BCUT2D eigenvalue weighted by Crippen LogP contribution is 2.13. The predicted octanol–water partition coefficient (Wildman–Crippen LogP) is 0.977. The summed E-state index contributed by atoms with van der Waals surface area (Å²) in [6.07, 6.45) is 0.448. The van der Waals surface area contributed by atoms with Crippen LogP contribution in [0.15, 0.2) is 24.3 Å². The van der Waals surface area contributed by atoms with Crippen LogP contribution in [0.3, 0.4) is 0 Å². The maximum absolute atomic E-state index is 9.87. The van der Waals surface area contributed by atoms with Crippen LogP contribution in [0.2, 0.25) is 0 Å². The molecule has 0 radical (unpaired) electrons. The van der Waals surface area contributed by atoms with E-state index in [4.69, 9.17) is 15.2 Å². The minimum Gasteiger partial charge on any atom is -0.491 e. The molecular weight excluding hydrogens is 244 g/mol. The van der Waals surface area contributed by atoms with E-state index in [2.05, 4.69) is 4.90 Å². The molecule has 0 aliphatic rings. The molecule has 0 aliphatic heterocycles. The number of nitrogens with zero attached hydrogens (tertiary/aromatic N) is 1. The van der Waals surface area contributed by atoms with E-state index in [0.29, 0.717) is 12.2 Å². The molecule has 1 aromatic rings. The van der Waals surface area contributed by atoms with Crippen molar-refractivity contribution in [3.63, 3.8) is 0 Å². The fourth-order valence-electron chi connectivity index (χ4n) is 1.74. The van der Waals surface area contributed by atoms with Gasteiger partial charge in [-0.15, -0.1) is 0 Å². The molecular formula is C14H24N2O3. The number of aliphatic hydroxyl groups excluding tert-OH is 1. The molecule has 1 atom stereocenters. The van der Waals surface area contributed by atoms with Crippen LogP contribution in [0.5, 0.6) is 5.75 Å². The van der Waals surface area contributed by atoms with Gasteiger partial charge in [-0.05, 0) is 37.7 Å². The lowest BCUT2D eigenvalue weighted by atomic mass is 10.3. The second-order valence-electron chi connectivity index (χ2n) is 4.64. The molecule has 3 N–H and O–H groups in total. The normalized spacial score (nSPS) is 12.6. The van der Waals surface area contributed by atoms with Crippen LogP contribution < -0.4 is 10.5 Å². The Labute approximate surface area is 114 Å². The van der Waals surface area contributed by atoms with Gasteiger partial charge in [-0.25, -0.2) is 0 Å². The molecule has 0 aromatic heterocycles. The quantitative estimate of drug-likeness (QED) is 0.516. The Morgan fingerprint density at radius 1 is 1.32 bits per heavy atom. The third kappa shape index (κ3) is 7.00. The zero-order valence-corrected chi connectivity index (χ0v) is 11.7. The minimum atomic E-state index is -0.509. The minimum absolute atomic E-state index is 0.276. The molecule has 1 aromatic carbocycles. The van der Waals surface area contributed by atoms with E-state index < -0.39 is 6.10 Å². The van der Waals surface area contributed by atoms with Gasteiger partial charge in [0.1, 0.15) is 18.5 Å². The van der Waals surface area contributed by atoms with Gasteiger partial charge in [0.2, 0.25) is 0 Å². The number of hydrogen-bond donors (Lipinski definition) is 2. The van der Waals surface area contributed by atoms with Crippen LogP contribution in [0, 0.1) is 0 Å². The van der Waals surface area contributed by atoms with Crippen molar-refractivity contribution in [2.24, 2.45) is 0 Å². The second-order valence-corrected chi connectivity index (χ2v) is 4.64. The first-order valence-electron chi connectivity index (χ1n) is 6.45. The predicted molar refractivity (Wildman–Crippen MR) is 76.3 cm³/mol. The van der Waals surface area contributed by atoms with Crippen LogP contribution in [0.1, 0.15) is 6.42 Å². The van der Waals surface area contributed by atoms with Crippen LogP contribution >= 0.6 is 0 Å². The van der Waals surface area contributed by atoms with Gasteiger partial charge in [-0.1, -0.05) is 0 Å². The van der Waals surface area contributed by atoms with Gasteiger partial charge < -0.3 is 25.2 Å². The molecule has 0 spiro atoms. The van der Waals surface area contributed by atoms with E-state index in [9.17, 15) is 5.11 Å². The number of nitrogens with two attached hydrogens (primary N) is 1. The maximum atomic E-state index is 9.87. The van der Waals surface area contributed by atoms with E-state index in [1.807, 2.05) is 7.05 Å². The summed E-state index contributed by atoms with van der Waals surface area (Å²) in [6, 6.07) is 7.14. The average molecular weight is 268 g/mol. The Kier molecular flexibility index (Phi) is 7.25. The Hall–Kier alpha value is -1.30. The summed E-state index contributed by atoms with van der Waals surface area (Å²) in [6.45, 7) is 2.49. The highest BCUT2D eigenvalue weighted by atomic mass is 16.5. The number of aliphatic hydroxyl groups is 1. The molecule has 5 heteroatoms. The third-order valence-electron chi connectivity index (χ3n) is 2.73. The van der Waals surface area contributed by atoms with Gasteiger partial charge in [0.05, 0.1) is 0 Å². The lowest BCUT2D eigenvalue weighted by Gasteiger charge is -2.20. The molecule has 1 rings (SSSR count). The Bertz CT molecular complexity index is 343. The van der Waals surface area contributed by atoms with Gasteiger partial charge in [-0.2, -0.15) is 0 Å². The van der Waals surface area contributed by atoms with E-state index in [1.54, 1.807) is 31.4 Å². The zero-order valence-electron chi connectivity index (χ0n) is 11.7. The number of nitrogen functional groups attached to an aromatic ring is 1. The first kappa shape index (κ1) is 15.8. The largest absolute Gasteiger partial charge is 0.491 e. The van der Waals surface area contributed by atoms with Crippen LogP contribution in [0.25, 0.3) is 0 Å². The maximum Gasteiger partial charge on any atom is 0.119 e. The molecule has 5 nitrogen and oxygen atoms in total. The third-order valence-corrected chi connectivity index (χ3v) is 2.73. The van der Waals surface area contributed by atoms with E-state index in [0.717, 1.165) is 25.3 Å². The summed E-state index contributed by atoms with van der Waals surface area (Å²) in [4.78, 5) is 2.07. The number of benzene rings is 1. The van der Waals surface area contributed by atoms with Gasteiger partial charge in [0.15, 0.2) is 0 Å². The Morgan fingerprint density at radius 2 is 2.00 bits per heavy atom. The monoisotopic (exact) mass is 268 g/mol. The molecule has 0 amide bonds. The lowest BCUT2D eigenvalue weighted by Crippen LogP contribution is -2.34. The van der Waals surface area contributed by atoms with Crippen molar-refractivity contribution in [2.45, 2.75) is 12.5 Å². The van der Waals surface area contributed by atoms with Crippen LogP contribution in [0.4, 0.5) is 5.69 Å². The van der Waals surface area contributed by atoms with Crippen molar-refractivity contribution in [2.75, 3.05) is 46.2 Å². The van der Waals surface area contributed by atoms with Crippen molar-refractivity contribution in [3.8, 4) is 5.75 Å². The molecule has 0 saturated carbocycles. The highest BCUT2D eigenvalue weighted by molar-refractivity contribution is 5.41.